The van der Waals surface area contributed by atoms with Gasteiger partial charge in [-0.3, -0.25) is 9.59 Å². The van der Waals surface area contributed by atoms with Crippen LogP contribution < -0.4 is 10.2 Å². The minimum Gasteiger partial charge on any atom is -0.372 e. The molecule has 3 aromatic rings. The van der Waals surface area contributed by atoms with Crippen molar-refractivity contribution in [2.75, 3.05) is 30.3 Å². The molecule has 5 nitrogen and oxygen atoms in total. The molecule has 0 spiro atoms. The number of hydrogen-bond acceptors (Lipinski definition) is 4. The standard InChI is InChI=1S/C29H31N3O2S/c33-27-21-35-29(32(27)19-16-22-6-2-1-3-7-22)25-12-10-24(11-13-25)28(34)30-20-23-8-14-26(15-9-23)31-17-4-5-18-31/h1-3,6-15,29H,4-5,16-21H2,(H,30,34)/t29-/m1/s1. The van der Waals surface area contributed by atoms with Crippen molar-refractivity contribution in [1.82, 2.24) is 10.2 Å². The number of benzene rings is 3. The molecule has 3 aromatic carbocycles. The number of nitrogens with one attached hydrogen (secondary N) is 1. The zero-order valence-electron chi connectivity index (χ0n) is 19.9. The normalized spacial score (nSPS) is 17.7. The first-order valence-electron chi connectivity index (χ1n) is 12.3. The Morgan fingerprint density at radius 2 is 1.60 bits per heavy atom. The van der Waals surface area contributed by atoms with E-state index in [1.54, 1.807) is 11.8 Å². The van der Waals surface area contributed by atoms with Crippen LogP contribution in [0.25, 0.3) is 0 Å². The Balaban J connectivity index is 1.16. The van der Waals surface area contributed by atoms with Gasteiger partial charge in [-0.05, 0) is 60.2 Å². The van der Waals surface area contributed by atoms with Crippen molar-refractivity contribution in [2.45, 2.75) is 31.2 Å². The number of carbonyl (C=O) groups excluding carboxylic acids is 2. The van der Waals surface area contributed by atoms with Crippen LogP contribution in [0.2, 0.25) is 0 Å². The maximum absolute atomic E-state index is 12.7. The van der Waals surface area contributed by atoms with Crippen LogP contribution in [0, 0.1) is 0 Å². The monoisotopic (exact) mass is 485 g/mol. The van der Waals surface area contributed by atoms with Gasteiger partial charge < -0.3 is 15.1 Å². The third kappa shape index (κ3) is 5.70. The summed E-state index contributed by atoms with van der Waals surface area (Å²) in [4.78, 5) is 29.6. The van der Waals surface area contributed by atoms with Gasteiger partial charge in [-0.15, -0.1) is 11.8 Å². The van der Waals surface area contributed by atoms with E-state index < -0.39 is 0 Å². The number of thioether (sulfide) groups is 1. The third-order valence-electron chi connectivity index (χ3n) is 6.77. The van der Waals surface area contributed by atoms with Crippen LogP contribution in [0.1, 0.15) is 45.3 Å². The van der Waals surface area contributed by atoms with E-state index in [4.69, 9.17) is 0 Å². The smallest absolute Gasteiger partial charge is 0.251 e. The van der Waals surface area contributed by atoms with E-state index >= 15 is 0 Å². The molecule has 2 amide bonds. The lowest BCUT2D eigenvalue weighted by molar-refractivity contribution is -0.128. The van der Waals surface area contributed by atoms with Crippen LogP contribution in [0.5, 0.6) is 0 Å². The van der Waals surface area contributed by atoms with Gasteiger partial charge in [0.2, 0.25) is 5.91 Å². The lowest BCUT2D eigenvalue weighted by atomic mass is 10.1. The largest absolute Gasteiger partial charge is 0.372 e. The van der Waals surface area contributed by atoms with E-state index in [-0.39, 0.29) is 17.2 Å². The van der Waals surface area contributed by atoms with Crippen molar-refractivity contribution in [1.29, 1.82) is 0 Å². The highest BCUT2D eigenvalue weighted by Gasteiger charge is 2.32. The molecule has 2 saturated heterocycles. The molecule has 0 aromatic heterocycles. The summed E-state index contributed by atoms with van der Waals surface area (Å²) in [6, 6.07) is 26.4. The predicted octanol–water partition coefficient (Wildman–Crippen LogP) is 5.03. The second kappa shape index (κ2) is 11.0. The summed E-state index contributed by atoms with van der Waals surface area (Å²) in [5.74, 6) is 0.586. The molecule has 1 N–H and O–H groups in total. The fraction of sp³-hybridized carbons (Fsp3) is 0.310. The number of rotatable bonds is 8. The number of carbonyl (C=O) groups is 2. The van der Waals surface area contributed by atoms with Gasteiger partial charge in [-0.25, -0.2) is 0 Å². The number of amides is 2. The quantitative estimate of drug-likeness (QED) is 0.486. The molecule has 0 saturated carbocycles. The fourth-order valence-corrected chi connectivity index (χ4v) is 5.97. The Hall–Kier alpha value is -3.25. The summed E-state index contributed by atoms with van der Waals surface area (Å²) in [7, 11) is 0. The van der Waals surface area contributed by atoms with E-state index in [2.05, 4.69) is 46.6 Å². The van der Waals surface area contributed by atoms with Crippen LogP contribution in [0.4, 0.5) is 5.69 Å². The summed E-state index contributed by atoms with van der Waals surface area (Å²) in [5, 5.41) is 3.02. The van der Waals surface area contributed by atoms with Gasteiger partial charge in [0.25, 0.3) is 5.91 Å². The van der Waals surface area contributed by atoms with Gasteiger partial charge >= 0.3 is 0 Å². The molecular weight excluding hydrogens is 454 g/mol. The van der Waals surface area contributed by atoms with Crippen molar-refractivity contribution in [3.05, 3.63) is 101 Å². The molecule has 2 heterocycles. The van der Waals surface area contributed by atoms with Gasteiger partial charge in [0.05, 0.1) is 5.75 Å². The van der Waals surface area contributed by atoms with Crippen molar-refractivity contribution in [2.24, 2.45) is 0 Å². The predicted molar refractivity (Wildman–Crippen MR) is 143 cm³/mol. The van der Waals surface area contributed by atoms with Crippen LogP contribution >= 0.6 is 11.8 Å². The third-order valence-corrected chi connectivity index (χ3v) is 8.03. The maximum Gasteiger partial charge on any atom is 0.251 e. The summed E-state index contributed by atoms with van der Waals surface area (Å²) in [6.07, 6.45) is 3.36. The molecule has 0 radical (unpaired) electrons. The molecule has 35 heavy (non-hydrogen) atoms. The molecule has 0 bridgehead atoms. The van der Waals surface area contributed by atoms with Crippen LogP contribution in [0.15, 0.2) is 78.9 Å². The molecule has 2 fully saturated rings. The highest BCUT2D eigenvalue weighted by atomic mass is 32.2. The lowest BCUT2D eigenvalue weighted by Gasteiger charge is -2.24. The van der Waals surface area contributed by atoms with Gasteiger partial charge in [0, 0.05) is 37.4 Å². The van der Waals surface area contributed by atoms with Crippen molar-refractivity contribution < 1.29 is 9.59 Å². The van der Waals surface area contributed by atoms with Gasteiger partial charge in [-0.1, -0.05) is 54.6 Å². The van der Waals surface area contributed by atoms with Gasteiger partial charge in [-0.2, -0.15) is 0 Å². The molecular formula is C29H31N3O2S. The fourth-order valence-electron chi connectivity index (χ4n) is 4.75. The average Bonchev–Trinajstić information content (AvgIpc) is 3.57. The van der Waals surface area contributed by atoms with Crippen molar-refractivity contribution in [3.63, 3.8) is 0 Å². The Kier molecular flexibility index (Phi) is 7.38. The number of anilines is 1. The minimum atomic E-state index is -0.0868. The van der Waals surface area contributed by atoms with Gasteiger partial charge in [0.1, 0.15) is 5.37 Å². The molecule has 1 atom stereocenters. The molecule has 0 aliphatic carbocycles. The van der Waals surface area contributed by atoms with Crippen LogP contribution in [-0.4, -0.2) is 42.1 Å². The van der Waals surface area contributed by atoms with Crippen LogP contribution in [0.3, 0.4) is 0 Å². The first kappa shape index (κ1) is 23.5. The molecule has 180 valence electrons. The Morgan fingerprint density at radius 1 is 0.886 bits per heavy atom. The Labute approximate surface area is 211 Å². The lowest BCUT2D eigenvalue weighted by Crippen LogP contribution is -2.30. The minimum absolute atomic E-state index is 0.00237. The zero-order valence-corrected chi connectivity index (χ0v) is 20.7. The Bertz CT molecular complexity index is 1140. The summed E-state index contributed by atoms with van der Waals surface area (Å²) < 4.78 is 0. The molecule has 0 unspecified atom stereocenters. The second-order valence-corrected chi connectivity index (χ2v) is 10.2. The number of nitrogens with zero attached hydrogens (tertiary/aromatic N) is 2. The Morgan fingerprint density at radius 3 is 2.31 bits per heavy atom. The van der Waals surface area contributed by atoms with Gasteiger partial charge in [0.15, 0.2) is 0 Å². The second-order valence-electron chi connectivity index (χ2n) is 9.15. The van der Waals surface area contributed by atoms with E-state index in [0.717, 1.165) is 30.6 Å². The molecule has 6 heteroatoms. The first-order chi connectivity index (χ1) is 17.2. The summed E-state index contributed by atoms with van der Waals surface area (Å²) in [6.45, 7) is 3.45. The topological polar surface area (TPSA) is 52.7 Å². The first-order valence-corrected chi connectivity index (χ1v) is 13.4. The van der Waals surface area contributed by atoms with Crippen LogP contribution in [-0.2, 0) is 17.8 Å². The average molecular weight is 486 g/mol. The van der Waals surface area contributed by atoms with E-state index in [1.807, 2.05) is 47.4 Å². The summed E-state index contributed by atoms with van der Waals surface area (Å²) >= 11 is 1.65. The van der Waals surface area contributed by atoms with E-state index in [0.29, 0.717) is 24.4 Å². The highest BCUT2D eigenvalue weighted by molar-refractivity contribution is 8.00. The zero-order chi connectivity index (χ0) is 24.0. The van der Waals surface area contributed by atoms with Crippen molar-refractivity contribution in [3.8, 4) is 0 Å². The number of hydrogen-bond donors (Lipinski definition) is 1. The highest BCUT2D eigenvalue weighted by Crippen LogP contribution is 2.38. The SMILES string of the molecule is O=C(NCc1ccc(N2CCCC2)cc1)c1ccc([C@H]2SCC(=O)N2CCc2ccccc2)cc1. The van der Waals surface area contributed by atoms with Crippen molar-refractivity contribution >= 4 is 29.3 Å². The van der Waals surface area contributed by atoms with E-state index in [1.165, 1.54) is 24.1 Å². The molecule has 5 rings (SSSR count). The molecule has 2 aliphatic heterocycles. The molecule has 2 aliphatic rings. The maximum atomic E-state index is 12.7. The van der Waals surface area contributed by atoms with E-state index in [9.17, 15) is 9.59 Å². The summed E-state index contributed by atoms with van der Waals surface area (Å²) in [5.41, 5.74) is 5.27.